The van der Waals surface area contributed by atoms with E-state index >= 15 is 0 Å². The summed E-state index contributed by atoms with van der Waals surface area (Å²) in [6.07, 6.45) is 3.13. The van der Waals surface area contributed by atoms with Gasteiger partial charge in [0.25, 0.3) is 11.8 Å². The zero-order valence-corrected chi connectivity index (χ0v) is 28.4. The predicted octanol–water partition coefficient (Wildman–Crippen LogP) is 9.05. The number of thiazole rings is 1. The van der Waals surface area contributed by atoms with Gasteiger partial charge in [-0.2, -0.15) is 0 Å². The molecule has 0 fully saturated rings. The first-order valence-electron chi connectivity index (χ1n) is 14.7. The molecule has 4 aromatic carbocycles. The summed E-state index contributed by atoms with van der Waals surface area (Å²) in [5.41, 5.74) is 2.62. The molecular formula is C37H27BrN4O4S2. The minimum Gasteiger partial charge on any atom is -0.457 e. The van der Waals surface area contributed by atoms with Gasteiger partial charge in [0.05, 0.1) is 0 Å². The van der Waals surface area contributed by atoms with Crippen LogP contribution in [0.5, 0.6) is 0 Å². The van der Waals surface area contributed by atoms with Crippen molar-refractivity contribution in [2.75, 3.05) is 10.6 Å². The van der Waals surface area contributed by atoms with Crippen LogP contribution in [0.25, 0.3) is 17.4 Å². The molecule has 0 aliphatic rings. The first kappa shape index (κ1) is 32.7. The van der Waals surface area contributed by atoms with Crippen LogP contribution in [0, 0.1) is 0 Å². The molecule has 0 radical (unpaired) electrons. The fourth-order valence-electron chi connectivity index (χ4n) is 4.59. The van der Waals surface area contributed by atoms with Crippen LogP contribution in [0.15, 0.2) is 152 Å². The molecule has 8 nitrogen and oxygen atoms in total. The summed E-state index contributed by atoms with van der Waals surface area (Å²) in [6, 6.07) is 36.5. The first-order chi connectivity index (χ1) is 23.4. The molecule has 6 aromatic rings. The zero-order chi connectivity index (χ0) is 33.3. The van der Waals surface area contributed by atoms with Crippen molar-refractivity contribution in [3.05, 3.63) is 160 Å². The second-order valence-electron chi connectivity index (χ2n) is 10.3. The van der Waals surface area contributed by atoms with Gasteiger partial charge < -0.3 is 20.4 Å². The fourth-order valence-corrected chi connectivity index (χ4v) is 6.41. The molecule has 0 aliphatic heterocycles. The number of benzene rings is 4. The SMILES string of the molecule is O=C(Nc1ccc(S[C@H](C(=O)Nc2nccs2)c2ccccc2)cc1)/C(=C/c1ccc(-c2ccc(Br)cc2)o1)NC(=O)c1ccccc1. The summed E-state index contributed by atoms with van der Waals surface area (Å²) in [6.45, 7) is 0. The van der Waals surface area contributed by atoms with Gasteiger partial charge in [0.15, 0.2) is 5.13 Å². The van der Waals surface area contributed by atoms with Gasteiger partial charge in [-0.15, -0.1) is 23.1 Å². The molecule has 0 aliphatic carbocycles. The molecule has 0 spiro atoms. The average molecular weight is 736 g/mol. The Labute approximate surface area is 293 Å². The number of halogens is 1. The largest absolute Gasteiger partial charge is 0.457 e. The van der Waals surface area contributed by atoms with E-state index in [2.05, 4.69) is 36.9 Å². The van der Waals surface area contributed by atoms with Crippen molar-refractivity contribution in [3.8, 4) is 11.3 Å². The molecule has 0 bridgehead atoms. The van der Waals surface area contributed by atoms with Crippen LogP contribution in [0.3, 0.4) is 0 Å². The summed E-state index contributed by atoms with van der Waals surface area (Å²) >= 11 is 6.17. The summed E-state index contributed by atoms with van der Waals surface area (Å²) in [5.74, 6) is -0.160. The van der Waals surface area contributed by atoms with Gasteiger partial charge in [-0.1, -0.05) is 76.6 Å². The number of nitrogens with zero attached hydrogens (tertiary/aromatic N) is 1. The van der Waals surface area contributed by atoms with Gasteiger partial charge in [0.2, 0.25) is 5.91 Å². The molecule has 3 amide bonds. The fraction of sp³-hybridized carbons (Fsp3) is 0.0270. The van der Waals surface area contributed by atoms with E-state index in [0.717, 1.165) is 20.5 Å². The highest BCUT2D eigenvalue weighted by Gasteiger charge is 2.23. The Balaban J connectivity index is 1.20. The minimum atomic E-state index is -0.536. The molecule has 48 heavy (non-hydrogen) atoms. The Morgan fingerprint density at radius 3 is 2.21 bits per heavy atom. The molecule has 3 N–H and O–H groups in total. The lowest BCUT2D eigenvalue weighted by Gasteiger charge is -2.16. The van der Waals surface area contributed by atoms with Crippen LogP contribution in [-0.4, -0.2) is 22.7 Å². The number of hydrogen-bond donors (Lipinski definition) is 3. The van der Waals surface area contributed by atoms with E-state index in [1.807, 2.05) is 72.8 Å². The first-order valence-corrected chi connectivity index (χ1v) is 17.2. The number of anilines is 2. The Bertz CT molecular complexity index is 2030. The highest BCUT2D eigenvalue weighted by molar-refractivity contribution is 9.10. The van der Waals surface area contributed by atoms with Crippen molar-refractivity contribution in [2.45, 2.75) is 10.1 Å². The molecule has 238 valence electrons. The second kappa shape index (κ2) is 15.6. The maximum Gasteiger partial charge on any atom is 0.272 e. The lowest BCUT2D eigenvalue weighted by molar-refractivity contribution is -0.116. The van der Waals surface area contributed by atoms with Gasteiger partial charge in [-0.05, 0) is 66.2 Å². The molecule has 11 heteroatoms. The molecule has 6 rings (SSSR count). The summed E-state index contributed by atoms with van der Waals surface area (Å²) < 4.78 is 6.95. The van der Waals surface area contributed by atoms with Crippen molar-refractivity contribution < 1.29 is 18.8 Å². The second-order valence-corrected chi connectivity index (χ2v) is 13.3. The quantitative estimate of drug-likeness (QED) is 0.0905. The Morgan fingerprint density at radius 2 is 1.52 bits per heavy atom. The van der Waals surface area contributed by atoms with Crippen LogP contribution in [0.2, 0.25) is 0 Å². The Morgan fingerprint density at radius 1 is 0.812 bits per heavy atom. The third-order valence-electron chi connectivity index (χ3n) is 6.94. The number of furan rings is 1. The zero-order valence-electron chi connectivity index (χ0n) is 25.1. The topological polar surface area (TPSA) is 113 Å². The lowest BCUT2D eigenvalue weighted by atomic mass is 10.1. The predicted molar refractivity (Wildman–Crippen MR) is 195 cm³/mol. The van der Waals surface area contributed by atoms with E-state index < -0.39 is 17.1 Å². The number of rotatable bonds is 11. The highest BCUT2D eigenvalue weighted by atomic mass is 79.9. The van der Waals surface area contributed by atoms with E-state index in [1.165, 1.54) is 29.2 Å². The van der Waals surface area contributed by atoms with Crippen LogP contribution in [-0.2, 0) is 9.59 Å². The molecule has 2 heterocycles. The number of carbonyl (C=O) groups excluding carboxylic acids is 3. The van der Waals surface area contributed by atoms with Crippen molar-refractivity contribution in [2.24, 2.45) is 0 Å². The number of thioether (sulfide) groups is 1. The summed E-state index contributed by atoms with van der Waals surface area (Å²) in [4.78, 5) is 44.9. The van der Waals surface area contributed by atoms with Crippen molar-refractivity contribution >= 4 is 73.6 Å². The summed E-state index contributed by atoms with van der Waals surface area (Å²) in [5, 5.41) is 10.3. The Kier molecular flexibility index (Phi) is 10.6. The molecule has 0 saturated heterocycles. The monoisotopic (exact) mass is 734 g/mol. The smallest absolute Gasteiger partial charge is 0.272 e. The van der Waals surface area contributed by atoms with Crippen LogP contribution < -0.4 is 16.0 Å². The van der Waals surface area contributed by atoms with Crippen molar-refractivity contribution in [1.82, 2.24) is 10.3 Å². The van der Waals surface area contributed by atoms with Crippen LogP contribution in [0.4, 0.5) is 10.8 Å². The third-order valence-corrected chi connectivity index (χ3v) is 9.42. The van der Waals surface area contributed by atoms with Gasteiger partial charge in [0, 0.05) is 43.8 Å². The maximum atomic E-state index is 13.6. The standard InChI is InChI=1S/C37H27BrN4O4S2/c38-27-13-11-24(12-14-27)32-20-17-29(46-32)23-31(41-34(43)26-9-5-2-6-10-26)35(44)40-28-15-18-30(19-16-28)48-33(25-7-3-1-4-8-25)36(45)42-37-39-21-22-47-37/h1-23,33H,(H,40,44)(H,41,43)(H,39,42,45)/b31-23-/t33-/m0/s1. The highest BCUT2D eigenvalue weighted by Crippen LogP contribution is 2.37. The normalized spacial score (nSPS) is 11.8. The minimum absolute atomic E-state index is 0.00186. The van der Waals surface area contributed by atoms with Crippen molar-refractivity contribution in [1.29, 1.82) is 0 Å². The van der Waals surface area contributed by atoms with E-state index in [-0.39, 0.29) is 11.6 Å². The molecule has 1 atom stereocenters. The third kappa shape index (κ3) is 8.56. The maximum absolute atomic E-state index is 13.6. The number of nitrogens with one attached hydrogen (secondary N) is 3. The van der Waals surface area contributed by atoms with Crippen molar-refractivity contribution in [3.63, 3.8) is 0 Å². The van der Waals surface area contributed by atoms with Crippen LogP contribution >= 0.6 is 39.0 Å². The van der Waals surface area contributed by atoms with Gasteiger partial charge in [0.1, 0.15) is 22.5 Å². The number of aromatic nitrogens is 1. The molecular weight excluding hydrogens is 708 g/mol. The average Bonchev–Trinajstić information content (AvgIpc) is 3.81. The van der Waals surface area contributed by atoms with Gasteiger partial charge in [-0.25, -0.2) is 4.98 Å². The number of hydrogen-bond acceptors (Lipinski definition) is 7. The van der Waals surface area contributed by atoms with E-state index in [0.29, 0.717) is 27.9 Å². The molecule has 0 unspecified atom stereocenters. The lowest BCUT2D eigenvalue weighted by Crippen LogP contribution is -2.30. The van der Waals surface area contributed by atoms with E-state index in [4.69, 9.17) is 4.42 Å². The van der Waals surface area contributed by atoms with Crippen LogP contribution in [0.1, 0.15) is 26.9 Å². The van der Waals surface area contributed by atoms with E-state index in [1.54, 1.807) is 60.1 Å². The Hall–Kier alpha value is -5.23. The van der Waals surface area contributed by atoms with Gasteiger partial charge >= 0.3 is 0 Å². The molecule has 0 saturated carbocycles. The summed E-state index contributed by atoms with van der Waals surface area (Å²) in [7, 11) is 0. The van der Waals surface area contributed by atoms with E-state index in [9.17, 15) is 14.4 Å². The number of amides is 3. The molecule has 2 aromatic heterocycles. The number of carbonyl (C=O) groups is 3. The van der Waals surface area contributed by atoms with Gasteiger partial charge in [-0.3, -0.25) is 14.4 Å².